The summed E-state index contributed by atoms with van der Waals surface area (Å²) < 4.78 is 11.7. The Bertz CT molecular complexity index is 1150. The van der Waals surface area contributed by atoms with E-state index in [4.69, 9.17) is 9.15 Å². The minimum absolute atomic E-state index is 0.322. The molecule has 0 unspecified atom stereocenters. The normalized spacial score (nSPS) is 14.1. The number of benzene rings is 2. The van der Waals surface area contributed by atoms with E-state index in [-0.39, 0.29) is 5.63 Å². The minimum Gasteiger partial charge on any atom is -0.478 e. The van der Waals surface area contributed by atoms with Crippen LogP contribution in [0, 0.1) is 0 Å². The fourth-order valence-electron chi connectivity index (χ4n) is 3.48. The van der Waals surface area contributed by atoms with Crippen LogP contribution in [-0.2, 0) is 13.1 Å². The smallest absolute Gasteiger partial charge is 0.344 e. The van der Waals surface area contributed by atoms with E-state index in [1.54, 1.807) is 11.3 Å². The first-order chi connectivity index (χ1) is 13.3. The van der Waals surface area contributed by atoms with E-state index in [2.05, 4.69) is 22.4 Å². The maximum Gasteiger partial charge on any atom is 0.344 e. The molecule has 0 atom stereocenters. The summed E-state index contributed by atoms with van der Waals surface area (Å²) in [5, 5.41) is 2.99. The standard InChI is InChI=1S/C22H17NO3S/c24-22-18(15-5-2-1-3-6-15)11-16-8-9-20-19(21(16)26-22)13-23(14-25-20)12-17-7-4-10-27-17/h1-11H,12-14H2. The van der Waals surface area contributed by atoms with Crippen LogP contribution in [0.1, 0.15) is 10.4 Å². The van der Waals surface area contributed by atoms with Crippen molar-refractivity contribution in [2.45, 2.75) is 13.1 Å². The summed E-state index contributed by atoms with van der Waals surface area (Å²) in [5.41, 5.74) is 2.68. The van der Waals surface area contributed by atoms with Crippen molar-refractivity contribution in [3.8, 4) is 16.9 Å². The molecular weight excluding hydrogens is 358 g/mol. The first-order valence-corrected chi connectivity index (χ1v) is 9.68. The van der Waals surface area contributed by atoms with Gasteiger partial charge in [-0.25, -0.2) is 4.79 Å². The quantitative estimate of drug-likeness (QED) is 0.479. The molecule has 0 aliphatic carbocycles. The van der Waals surface area contributed by atoms with Crippen LogP contribution in [0.4, 0.5) is 0 Å². The maximum atomic E-state index is 12.6. The molecule has 0 spiro atoms. The third-order valence-corrected chi connectivity index (χ3v) is 5.65. The first kappa shape index (κ1) is 16.3. The predicted molar refractivity (Wildman–Crippen MR) is 107 cm³/mol. The lowest BCUT2D eigenvalue weighted by atomic mass is 10.0. The Labute approximate surface area is 160 Å². The molecule has 0 N–H and O–H groups in total. The molecular formula is C22H17NO3S. The summed E-state index contributed by atoms with van der Waals surface area (Å²) in [6.07, 6.45) is 0. The Morgan fingerprint density at radius 1 is 1.04 bits per heavy atom. The van der Waals surface area contributed by atoms with Gasteiger partial charge in [0.2, 0.25) is 0 Å². The lowest BCUT2D eigenvalue weighted by Gasteiger charge is -2.28. The number of hydrogen-bond acceptors (Lipinski definition) is 5. The van der Waals surface area contributed by atoms with Crippen molar-refractivity contribution in [1.29, 1.82) is 0 Å². The summed E-state index contributed by atoms with van der Waals surface area (Å²) in [6.45, 7) is 2.04. The summed E-state index contributed by atoms with van der Waals surface area (Å²) in [7, 11) is 0. The van der Waals surface area contributed by atoms with Crippen molar-refractivity contribution in [3.05, 3.63) is 86.9 Å². The number of nitrogens with zero attached hydrogens (tertiary/aromatic N) is 1. The van der Waals surface area contributed by atoms with Crippen molar-refractivity contribution in [3.63, 3.8) is 0 Å². The van der Waals surface area contributed by atoms with Gasteiger partial charge in [0.1, 0.15) is 18.1 Å². The van der Waals surface area contributed by atoms with Crippen molar-refractivity contribution >= 4 is 22.3 Å². The Kier molecular flexibility index (Phi) is 4.03. The second-order valence-electron chi connectivity index (χ2n) is 6.61. The van der Waals surface area contributed by atoms with Gasteiger partial charge in [-0.1, -0.05) is 36.4 Å². The number of rotatable bonds is 3. The lowest BCUT2D eigenvalue weighted by molar-refractivity contribution is 0.0899. The van der Waals surface area contributed by atoms with Crippen LogP contribution >= 0.6 is 11.3 Å². The van der Waals surface area contributed by atoms with Crippen LogP contribution in [0.25, 0.3) is 22.1 Å². The van der Waals surface area contributed by atoms with Crippen LogP contribution in [0.15, 0.2) is 75.3 Å². The molecule has 0 amide bonds. The Morgan fingerprint density at radius 3 is 2.74 bits per heavy atom. The predicted octanol–water partition coefficient (Wildman–Crippen LogP) is 4.87. The van der Waals surface area contributed by atoms with Crippen molar-refractivity contribution in [2.75, 3.05) is 6.73 Å². The first-order valence-electron chi connectivity index (χ1n) is 8.80. The fourth-order valence-corrected chi connectivity index (χ4v) is 4.23. The van der Waals surface area contributed by atoms with Gasteiger partial charge in [-0.05, 0) is 35.2 Å². The van der Waals surface area contributed by atoms with E-state index >= 15 is 0 Å². The molecule has 5 rings (SSSR count). The molecule has 27 heavy (non-hydrogen) atoms. The van der Waals surface area contributed by atoms with Crippen LogP contribution in [-0.4, -0.2) is 11.6 Å². The average molecular weight is 375 g/mol. The molecule has 4 nitrogen and oxygen atoms in total. The molecule has 1 aliphatic heterocycles. The average Bonchev–Trinajstić information content (AvgIpc) is 3.21. The van der Waals surface area contributed by atoms with Gasteiger partial charge >= 0.3 is 5.63 Å². The van der Waals surface area contributed by atoms with Crippen molar-refractivity contribution in [1.82, 2.24) is 4.90 Å². The van der Waals surface area contributed by atoms with E-state index in [1.807, 2.05) is 48.5 Å². The third kappa shape index (κ3) is 3.05. The van der Waals surface area contributed by atoms with Gasteiger partial charge in [0, 0.05) is 23.4 Å². The Morgan fingerprint density at radius 2 is 1.93 bits per heavy atom. The summed E-state index contributed by atoms with van der Waals surface area (Å²) in [5.74, 6) is 0.792. The van der Waals surface area contributed by atoms with Crippen LogP contribution in [0.5, 0.6) is 5.75 Å². The van der Waals surface area contributed by atoms with Crippen LogP contribution < -0.4 is 10.4 Å². The Balaban J connectivity index is 1.56. The second kappa shape index (κ2) is 6.68. The van der Waals surface area contributed by atoms with E-state index in [0.717, 1.165) is 28.8 Å². The highest BCUT2D eigenvalue weighted by molar-refractivity contribution is 7.09. The number of ether oxygens (including phenoxy) is 1. The van der Waals surface area contributed by atoms with Gasteiger partial charge < -0.3 is 9.15 Å². The van der Waals surface area contributed by atoms with Gasteiger partial charge in [0.25, 0.3) is 0 Å². The molecule has 0 saturated carbocycles. The molecule has 1 aliphatic rings. The van der Waals surface area contributed by atoms with Gasteiger partial charge in [0.05, 0.1) is 11.1 Å². The van der Waals surface area contributed by atoms with Crippen molar-refractivity contribution in [2.24, 2.45) is 0 Å². The maximum absolute atomic E-state index is 12.6. The van der Waals surface area contributed by atoms with Gasteiger partial charge in [-0.15, -0.1) is 11.3 Å². The number of hydrogen-bond donors (Lipinski definition) is 0. The number of thiophene rings is 1. The zero-order valence-electron chi connectivity index (χ0n) is 14.6. The van der Waals surface area contributed by atoms with E-state index < -0.39 is 0 Å². The molecule has 2 aromatic carbocycles. The fraction of sp³-hybridized carbons (Fsp3) is 0.136. The zero-order valence-corrected chi connectivity index (χ0v) is 15.4. The van der Waals surface area contributed by atoms with E-state index in [0.29, 0.717) is 24.4 Å². The zero-order chi connectivity index (χ0) is 18.2. The molecule has 0 radical (unpaired) electrons. The molecule has 2 aromatic heterocycles. The Hall–Kier alpha value is -2.89. The monoisotopic (exact) mass is 375 g/mol. The van der Waals surface area contributed by atoms with Gasteiger partial charge in [0.15, 0.2) is 0 Å². The number of fused-ring (bicyclic) bond motifs is 3. The van der Waals surface area contributed by atoms with Crippen LogP contribution in [0.2, 0.25) is 0 Å². The molecule has 0 saturated heterocycles. The summed E-state index contributed by atoms with van der Waals surface area (Å²) in [6, 6.07) is 19.6. The van der Waals surface area contributed by atoms with Gasteiger partial charge in [-0.3, -0.25) is 4.90 Å². The minimum atomic E-state index is -0.322. The molecule has 4 aromatic rings. The highest BCUT2D eigenvalue weighted by Crippen LogP contribution is 2.33. The van der Waals surface area contributed by atoms with Crippen LogP contribution in [0.3, 0.4) is 0 Å². The SMILES string of the molecule is O=c1oc2c3c(ccc2cc1-c1ccccc1)OCN(Cc1cccs1)C3. The molecule has 134 valence electrons. The second-order valence-corrected chi connectivity index (χ2v) is 7.65. The van der Waals surface area contributed by atoms with Crippen molar-refractivity contribution < 1.29 is 9.15 Å². The molecule has 3 heterocycles. The highest BCUT2D eigenvalue weighted by atomic mass is 32.1. The van der Waals surface area contributed by atoms with E-state index in [1.165, 1.54) is 4.88 Å². The molecule has 5 heteroatoms. The highest BCUT2D eigenvalue weighted by Gasteiger charge is 2.22. The third-order valence-electron chi connectivity index (χ3n) is 4.79. The summed E-state index contributed by atoms with van der Waals surface area (Å²) in [4.78, 5) is 16.1. The lowest BCUT2D eigenvalue weighted by Crippen LogP contribution is -2.31. The largest absolute Gasteiger partial charge is 0.478 e. The van der Waals surface area contributed by atoms with E-state index in [9.17, 15) is 4.79 Å². The topological polar surface area (TPSA) is 42.7 Å². The summed E-state index contributed by atoms with van der Waals surface area (Å²) >= 11 is 1.73. The van der Waals surface area contributed by atoms with Gasteiger partial charge in [-0.2, -0.15) is 0 Å². The molecule has 0 fully saturated rings. The molecule has 0 bridgehead atoms.